The second kappa shape index (κ2) is 5.97. The third kappa shape index (κ3) is 3.89. The van der Waals surface area contributed by atoms with Gasteiger partial charge in [-0.3, -0.25) is 0 Å². The molecule has 1 aromatic heterocycles. The van der Waals surface area contributed by atoms with Crippen LogP contribution in [0.4, 0.5) is 17.5 Å². The second-order valence-electron chi connectivity index (χ2n) is 4.57. The van der Waals surface area contributed by atoms with Crippen LogP contribution in [0.25, 0.3) is 0 Å². The van der Waals surface area contributed by atoms with Crippen molar-refractivity contribution in [3.05, 3.63) is 34.4 Å². The van der Waals surface area contributed by atoms with E-state index in [2.05, 4.69) is 41.7 Å². The maximum atomic E-state index is 4.36. The van der Waals surface area contributed by atoms with E-state index in [1.807, 2.05) is 39.0 Å². The fourth-order valence-corrected chi connectivity index (χ4v) is 2.16. The third-order valence-electron chi connectivity index (χ3n) is 2.37. The fourth-order valence-electron chi connectivity index (χ4n) is 1.56. The highest BCUT2D eigenvalue weighted by Gasteiger charge is 2.05. The standard InChI is InChI=1S/C13H16BrN5/c1-8(2)16-12-7-15-19-13(18-12)17-11-5-4-9(3)6-10(11)14/h4-8H,1-3H3,(H2,16,17,18,19). The average molecular weight is 322 g/mol. The Bertz CT molecular complexity index is 571. The molecule has 0 amide bonds. The first-order valence-electron chi connectivity index (χ1n) is 6.04. The normalized spacial score (nSPS) is 10.6. The molecule has 0 radical (unpaired) electrons. The van der Waals surface area contributed by atoms with Crippen LogP contribution in [0, 0.1) is 6.92 Å². The number of anilines is 3. The topological polar surface area (TPSA) is 62.7 Å². The van der Waals surface area contributed by atoms with E-state index in [1.54, 1.807) is 6.20 Å². The zero-order valence-electron chi connectivity index (χ0n) is 11.1. The van der Waals surface area contributed by atoms with Crippen molar-refractivity contribution in [3.63, 3.8) is 0 Å². The number of halogens is 1. The Kier molecular flexibility index (Phi) is 4.31. The van der Waals surface area contributed by atoms with Gasteiger partial charge in [-0.05, 0) is 54.4 Å². The van der Waals surface area contributed by atoms with E-state index in [-0.39, 0.29) is 0 Å². The molecule has 0 bridgehead atoms. The number of aryl methyl sites for hydroxylation is 1. The Hall–Kier alpha value is -1.69. The molecule has 0 fully saturated rings. The molecule has 2 rings (SSSR count). The minimum absolute atomic E-state index is 0.302. The van der Waals surface area contributed by atoms with Crippen molar-refractivity contribution in [2.75, 3.05) is 10.6 Å². The predicted molar refractivity (Wildman–Crippen MR) is 80.7 cm³/mol. The SMILES string of the molecule is Cc1ccc(Nc2nncc(NC(C)C)n2)c(Br)c1. The summed E-state index contributed by atoms with van der Waals surface area (Å²) >= 11 is 3.51. The number of aromatic nitrogens is 3. The summed E-state index contributed by atoms with van der Waals surface area (Å²) in [5, 5.41) is 14.2. The van der Waals surface area contributed by atoms with Gasteiger partial charge in [-0.15, -0.1) is 5.10 Å². The lowest BCUT2D eigenvalue weighted by Crippen LogP contribution is -2.12. The summed E-state index contributed by atoms with van der Waals surface area (Å²) in [4.78, 5) is 4.36. The number of rotatable bonds is 4. The summed E-state index contributed by atoms with van der Waals surface area (Å²) in [5.74, 6) is 1.17. The van der Waals surface area contributed by atoms with Gasteiger partial charge in [0.05, 0.1) is 11.9 Å². The van der Waals surface area contributed by atoms with Gasteiger partial charge < -0.3 is 10.6 Å². The first-order valence-corrected chi connectivity index (χ1v) is 6.83. The largest absolute Gasteiger partial charge is 0.366 e. The number of nitrogens with one attached hydrogen (secondary N) is 2. The molecule has 1 heterocycles. The van der Waals surface area contributed by atoms with E-state index in [9.17, 15) is 0 Å². The van der Waals surface area contributed by atoms with Crippen LogP contribution in [0.15, 0.2) is 28.9 Å². The summed E-state index contributed by atoms with van der Waals surface area (Å²) in [6.07, 6.45) is 1.61. The number of benzene rings is 1. The first-order chi connectivity index (χ1) is 9.04. The van der Waals surface area contributed by atoms with E-state index in [4.69, 9.17) is 0 Å². The van der Waals surface area contributed by atoms with Crippen molar-refractivity contribution in [3.8, 4) is 0 Å². The highest BCUT2D eigenvalue weighted by Crippen LogP contribution is 2.25. The van der Waals surface area contributed by atoms with Crippen LogP contribution in [0.3, 0.4) is 0 Å². The molecule has 19 heavy (non-hydrogen) atoms. The van der Waals surface area contributed by atoms with E-state index in [1.165, 1.54) is 5.56 Å². The lowest BCUT2D eigenvalue weighted by atomic mass is 10.2. The van der Waals surface area contributed by atoms with Gasteiger partial charge in [0.2, 0.25) is 5.95 Å². The molecule has 100 valence electrons. The van der Waals surface area contributed by atoms with Crippen molar-refractivity contribution in [2.45, 2.75) is 26.8 Å². The number of nitrogens with zero attached hydrogens (tertiary/aromatic N) is 3. The van der Waals surface area contributed by atoms with E-state index >= 15 is 0 Å². The molecule has 2 aromatic rings. The summed E-state index contributed by atoms with van der Waals surface area (Å²) in [6, 6.07) is 6.34. The number of hydrogen-bond acceptors (Lipinski definition) is 5. The second-order valence-corrected chi connectivity index (χ2v) is 5.43. The van der Waals surface area contributed by atoms with Crippen LogP contribution in [0.2, 0.25) is 0 Å². The summed E-state index contributed by atoms with van der Waals surface area (Å²) in [7, 11) is 0. The molecule has 0 atom stereocenters. The van der Waals surface area contributed by atoms with Gasteiger partial charge in [0.25, 0.3) is 0 Å². The first kappa shape index (κ1) is 13.7. The van der Waals surface area contributed by atoms with Gasteiger partial charge in [0.15, 0.2) is 5.82 Å². The van der Waals surface area contributed by atoms with E-state index in [0.29, 0.717) is 17.8 Å². The molecular weight excluding hydrogens is 306 g/mol. The van der Waals surface area contributed by atoms with Crippen LogP contribution in [-0.2, 0) is 0 Å². The van der Waals surface area contributed by atoms with Crippen LogP contribution in [0.5, 0.6) is 0 Å². The Balaban J connectivity index is 2.18. The molecule has 0 aliphatic rings. The third-order valence-corrected chi connectivity index (χ3v) is 3.02. The zero-order chi connectivity index (χ0) is 13.8. The maximum absolute atomic E-state index is 4.36. The molecule has 0 saturated carbocycles. The van der Waals surface area contributed by atoms with Crippen molar-refractivity contribution in [2.24, 2.45) is 0 Å². The monoisotopic (exact) mass is 321 g/mol. The minimum Gasteiger partial charge on any atom is -0.366 e. The van der Waals surface area contributed by atoms with Crippen molar-refractivity contribution in [1.82, 2.24) is 15.2 Å². The lowest BCUT2D eigenvalue weighted by molar-refractivity contribution is 0.873. The van der Waals surface area contributed by atoms with Crippen molar-refractivity contribution < 1.29 is 0 Å². The molecule has 0 unspecified atom stereocenters. The van der Waals surface area contributed by atoms with Crippen LogP contribution in [0.1, 0.15) is 19.4 Å². The molecule has 0 aliphatic heterocycles. The summed E-state index contributed by atoms with van der Waals surface area (Å²) < 4.78 is 0.971. The van der Waals surface area contributed by atoms with Gasteiger partial charge in [0.1, 0.15) is 0 Å². The Morgan fingerprint density at radius 3 is 2.74 bits per heavy atom. The molecule has 6 heteroatoms. The molecular formula is C13H16BrN5. The van der Waals surface area contributed by atoms with Gasteiger partial charge >= 0.3 is 0 Å². The molecule has 1 aromatic carbocycles. The Morgan fingerprint density at radius 1 is 1.26 bits per heavy atom. The van der Waals surface area contributed by atoms with Gasteiger partial charge in [-0.2, -0.15) is 10.1 Å². The quantitative estimate of drug-likeness (QED) is 0.902. The average Bonchev–Trinajstić information content (AvgIpc) is 2.32. The fraction of sp³-hybridized carbons (Fsp3) is 0.308. The highest BCUT2D eigenvalue weighted by atomic mass is 79.9. The molecule has 0 saturated heterocycles. The molecule has 0 aliphatic carbocycles. The van der Waals surface area contributed by atoms with E-state index < -0.39 is 0 Å². The Labute approximate surface area is 121 Å². The van der Waals surface area contributed by atoms with E-state index in [0.717, 1.165) is 10.2 Å². The predicted octanol–water partition coefficient (Wildman–Crippen LogP) is 3.51. The maximum Gasteiger partial charge on any atom is 0.249 e. The minimum atomic E-state index is 0.302. The van der Waals surface area contributed by atoms with Crippen LogP contribution in [-0.4, -0.2) is 21.2 Å². The van der Waals surface area contributed by atoms with Gasteiger partial charge in [0, 0.05) is 10.5 Å². The van der Waals surface area contributed by atoms with Crippen molar-refractivity contribution in [1.29, 1.82) is 0 Å². The molecule has 0 spiro atoms. The van der Waals surface area contributed by atoms with Gasteiger partial charge in [-0.25, -0.2) is 0 Å². The Morgan fingerprint density at radius 2 is 2.05 bits per heavy atom. The number of hydrogen-bond donors (Lipinski definition) is 2. The lowest BCUT2D eigenvalue weighted by Gasteiger charge is -2.10. The van der Waals surface area contributed by atoms with Gasteiger partial charge in [-0.1, -0.05) is 6.07 Å². The summed E-state index contributed by atoms with van der Waals surface area (Å²) in [6.45, 7) is 6.14. The van der Waals surface area contributed by atoms with Crippen LogP contribution < -0.4 is 10.6 Å². The van der Waals surface area contributed by atoms with Crippen LogP contribution >= 0.6 is 15.9 Å². The molecule has 5 nitrogen and oxygen atoms in total. The summed E-state index contributed by atoms with van der Waals surface area (Å²) in [5.41, 5.74) is 2.10. The molecule has 2 N–H and O–H groups in total. The zero-order valence-corrected chi connectivity index (χ0v) is 12.7. The van der Waals surface area contributed by atoms with Crippen molar-refractivity contribution >= 4 is 33.4 Å². The smallest absolute Gasteiger partial charge is 0.249 e. The highest BCUT2D eigenvalue weighted by molar-refractivity contribution is 9.10.